The molecule has 0 saturated heterocycles. The zero-order chi connectivity index (χ0) is 15.7. The highest BCUT2D eigenvalue weighted by Crippen LogP contribution is 2.24. The van der Waals surface area contributed by atoms with Crippen LogP contribution in [0.5, 0.6) is 0 Å². The Morgan fingerprint density at radius 1 is 1.33 bits per heavy atom. The van der Waals surface area contributed by atoms with Crippen LogP contribution in [-0.4, -0.2) is 37.4 Å². The molecule has 4 heteroatoms. The molecule has 1 N–H and O–H groups in total. The van der Waals surface area contributed by atoms with Crippen molar-refractivity contribution in [1.82, 2.24) is 5.32 Å². The third-order valence-corrected chi connectivity index (χ3v) is 4.11. The van der Waals surface area contributed by atoms with Gasteiger partial charge in [0.15, 0.2) is 0 Å². The number of ether oxygens (including phenoxy) is 2. The molecule has 1 fully saturated rings. The largest absolute Gasteiger partial charge is 0.465 e. The van der Waals surface area contributed by atoms with Gasteiger partial charge < -0.3 is 9.47 Å². The molecule has 0 spiro atoms. The molecular formula is C17H33NO3. The second-order valence-electron chi connectivity index (χ2n) is 6.40. The molecule has 0 aromatic carbocycles. The lowest BCUT2D eigenvalue weighted by molar-refractivity contribution is -0.153. The molecule has 2 unspecified atom stereocenters. The maximum Gasteiger partial charge on any atom is 0.328 e. The SMILES string of the molecule is CCCCC(CC)COCC(C)(NC1CC1)C(=O)OCC. The van der Waals surface area contributed by atoms with Crippen LogP contribution in [0.3, 0.4) is 0 Å². The highest BCUT2D eigenvalue weighted by atomic mass is 16.5. The first kappa shape index (κ1) is 18.4. The third-order valence-electron chi connectivity index (χ3n) is 4.11. The highest BCUT2D eigenvalue weighted by molar-refractivity contribution is 5.80. The molecule has 4 nitrogen and oxygen atoms in total. The summed E-state index contributed by atoms with van der Waals surface area (Å²) in [5.41, 5.74) is -0.708. The van der Waals surface area contributed by atoms with Crippen molar-refractivity contribution in [2.45, 2.75) is 77.8 Å². The molecule has 0 aromatic rings. The standard InChI is InChI=1S/C17H33NO3/c1-5-8-9-14(6-2)12-20-13-17(4,16(19)21-7-3)18-15-10-11-15/h14-15,18H,5-13H2,1-4H3. The van der Waals surface area contributed by atoms with Crippen LogP contribution >= 0.6 is 0 Å². The van der Waals surface area contributed by atoms with Gasteiger partial charge >= 0.3 is 5.97 Å². The van der Waals surface area contributed by atoms with E-state index in [0.717, 1.165) is 25.9 Å². The Morgan fingerprint density at radius 2 is 2.05 bits per heavy atom. The van der Waals surface area contributed by atoms with Crippen LogP contribution in [-0.2, 0) is 14.3 Å². The number of unbranched alkanes of at least 4 members (excludes halogenated alkanes) is 1. The summed E-state index contributed by atoms with van der Waals surface area (Å²) >= 11 is 0. The van der Waals surface area contributed by atoms with Crippen LogP contribution in [0.15, 0.2) is 0 Å². The molecule has 0 amide bonds. The quantitative estimate of drug-likeness (QED) is 0.562. The zero-order valence-corrected chi connectivity index (χ0v) is 14.2. The smallest absolute Gasteiger partial charge is 0.328 e. The predicted molar refractivity (Wildman–Crippen MR) is 85.3 cm³/mol. The van der Waals surface area contributed by atoms with Crippen LogP contribution < -0.4 is 5.32 Å². The van der Waals surface area contributed by atoms with Crippen LogP contribution in [0.2, 0.25) is 0 Å². The van der Waals surface area contributed by atoms with Gasteiger partial charge in [0.05, 0.1) is 13.2 Å². The summed E-state index contributed by atoms with van der Waals surface area (Å²) < 4.78 is 11.1. The van der Waals surface area contributed by atoms with Gasteiger partial charge in [-0.25, -0.2) is 4.79 Å². The fraction of sp³-hybridized carbons (Fsp3) is 0.941. The Hall–Kier alpha value is -0.610. The Morgan fingerprint density at radius 3 is 2.57 bits per heavy atom. The zero-order valence-electron chi connectivity index (χ0n) is 14.2. The fourth-order valence-corrected chi connectivity index (χ4v) is 2.46. The van der Waals surface area contributed by atoms with E-state index in [9.17, 15) is 4.79 Å². The molecule has 0 aromatic heterocycles. The molecule has 0 radical (unpaired) electrons. The van der Waals surface area contributed by atoms with Crippen molar-refractivity contribution in [3.63, 3.8) is 0 Å². The average molecular weight is 299 g/mol. The summed E-state index contributed by atoms with van der Waals surface area (Å²) in [4.78, 5) is 12.2. The molecule has 1 aliphatic carbocycles. The average Bonchev–Trinajstić information content (AvgIpc) is 3.26. The highest BCUT2D eigenvalue weighted by Gasteiger charge is 2.40. The van der Waals surface area contributed by atoms with Crippen molar-refractivity contribution in [2.24, 2.45) is 5.92 Å². The lowest BCUT2D eigenvalue weighted by Crippen LogP contribution is -2.55. The fourth-order valence-electron chi connectivity index (χ4n) is 2.46. The molecule has 1 saturated carbocycles. The summed E-state index contributed by atoms with van der Waals surface area (Å²) in [5, 5.41) is 3.39. The minimum Gasteiger partial charge on any atom is -0.465 e. The van der Waals surface area contributed by atoms with Crippen LogP contribution in [0.4, 0.5) is 0 Å². The Kier molecular flexibility index (Phi) is 8.27. The number of nitrogens with one attached hydrogen (secondary N) is 1. The summed E-state index contributed by atoms with van der Waals surface area (Å²) in [6.07, 6.45) is 7.09. The van der Waals surface area contributed by atoms with Crippen molar-refractivity contribution in [2.75, 3.05) is 19.8 Å². The van der Waals surface area contributed by atoms with Crippen LogP contribution in [0.25, 0.3) is 0 Å². The third kappa shape index (κ3) is 6.79. The molecule has 0 heterocycles. The van der Waals surface area contributed by atoms with Gasteiger partial charge in [0.2, 0.25) is 0 Å². The van der Waals surface area contributed by atoms with E-state index in [1.807, 2.05) is 13.8 Å². The first-order valence-electron chi connectivity index (χ1n) is 8.58. The number of hydrogen-bond donors (Lipinski definition) is 1. The number of esters is 1. The van der Waals surface area contributed by atoms with Crippen molar-refractivity contribution in [1.29, 1.82) is 0 Å². The van der Waals surface area contributed by atoms with E-state index in [0.29, 0.717) is 25.2 Å². The van der Waals surface area contributed by atoms with Gasteiger partial charge in [-0.1, -0.05) is 33.1 Å². The maximum absolute atomic E-state index is 12.2. The molecule has 124 valence electrons. The second kappa shape index (κ2) is 9.42. The number of hydrogen-bond acceptors (Lipinski definition) is 4. The first-order chi connectivity index (χ1) is 10.1. The number of carbonyl (C=O) groups is 1. The van der Waals surface area contributed by atoms with Gasteiger partial charge in [0.25, 0.3) is 0 Å². The number of carbonyl (C=O) groups excluding carboxylic acids is 1. The molecular weight excluding hydrogens is 266 g/mol. The lowest BCUT2D eigenvalue weighted by Gasteiger charge is -2.29. The van der Waals surface area contributed by atoms with Gasteiger partial charge in [-0.05, 0) is 39.0 Å². The van der Waals surface area contributed by atoms with E-state index in [2.05, 4.69) is 19.2 Å². The van der Waals surface area contributed by atoms with Gasteiger partial charge in [-0.3, -0.25) is 5.32 Å². The molecule has 1 rings (SSSR count). The van der Waals surface area contributed by atoms with Gasteiger partial charge in [0, 0.05) is 12.6 Å². The molecule has 0 aliphatic heterocycles. The topological polar surface area (TPSA) is 47.6 Å². The molecule has 1 aliphatic rings. The van der Waals surface area contributed by atoms with Crippen LogP contribution in [0.1, 0.15) is 66.2 Å². The summed E-state index contributed by atoms with van der Waals surface area (Å²) in [6.45, 7) is 9.70. The minimum atomic E-state index is -0.708. The van der Waals surface area contributed by atoms with E-state index in [4.69, 9.17) is 9.47 Å². The lowest BCUT2D eigenvalue weighted by atomic mass is 10.00. The predicted octanol–water partition coefficient (Wildman–Crippen LogP) is 3.29. The minimum absolute atomic E-state index is 0.196. The van der Waals surface area contributed by atoms with E-state index in [1.165, 1.54) is 19.3 Å². The number of rotatable bonds is 12. The Bertz CT molecular complexity index is 304. The van der Waals surface area contributed by atoms with E-state index in [-0.39, 0.29) is 5.97 Å². The van der Waals surface area contributed by atoms with Gasteiger partial charge in [-0.15, -0.1) is 0 Å². The molecule has 2 atom stereocenters. The van der Waals surface area contributed by atoms with E-state index in [1.54, 1.807) is 0 Å². The van der Waals surface area contributed by atoms with Gasteiger partial charge in [0.1, 0.15) is 5.54 Å². The van der Waals surface area contributed by atoms with E-state index >= 15 is 0 Å². The maximum atomic E-state index is 12.2. The Balaban J connectivity index is 2.42. The van der Waals surface area contributed by atoms with Crippen molar-refractivity contribution in [3.05, 3.63) is 0 Å². The normalized spacial score (nSPS) is 19.0. The summed E-state index contributed by atoms with van der Waals surface area (Å²) in [7, 11) is 0. The van der Waals surface area contributed by atoms with Crippen molar-refractivity contribution >= 4 is 5.97 Å². The van der Waals surface area contributed by atoms with E-state index < -0.39 is 5.54 Å². The summed E-state index contributed by atoms with van der Waals surface area (Å²) in [5.74, 6) is 0.399. The van der Waals surface area contributed by atoms with Crippen LogP contribution in [0, 0.1) is 5.92 Å². The Labute approximate surface area is 130 Å². The van der Waals surface area contributed by atoms with Gasteiger partial charge in [-0.2, -0.15) is 0 Å². The van der Waals surface area contributed by atoms with Crippen molar-refractivity contribution in [3.8, 4) is 0 Å². The second-order valence-corrected chi connectivity index (χ2v) is 6.40. The van der Waals surface area contributed by atoms with Crippen molar-refractivity contribution < 1.29 is 14.3 Å². The first-order valence-corrected chi connectivity index (χ1v) is 8.58. The molecule has 21 heavy (non-hydrogen) atoms. The summed E-state index contributed by atoms with van der Waals surface area (Å²) in [6, 6.07) is 0.449. The monoisotopic (exact) mass is 299 g/mol. The molecule has 0 bridgehead atoms.